The van der Waals surface area contributed by atoms with Crippen molar-refractivity contribution in [2.24, 2.45) is 10.7 Å². The Hall–Kier alpha value is -0.510. The first-order valence-electron chi connectivity index (χ1n) is 7.77. The molecule has 0 aromatic heterocycles. The van der Waals surface area contributed by atoms with Gasteiger partial charge < -0.3 is 40.3 Å². The minimum Gasteiger partial charge on any atom is -0.387 e. The van der Waals surface area contributed by atoms with E-state index in [-0.39, 0.29) is 6.04 Å². The summed E-state index contributed by atoms with van der Waals surface area (Å²) in [5.74, 6) is 0. The second-order valence-corrected chi connectivity index (χ2v) is 8.97. The van der Waals surface area contributed by atoms with Crippen LogP contribution in [0.4, 0.5) is 0 Å². The van der Waals surface area contributed by atoms with Crippen LogP contribution in [0, 0.1) is 0 Å². The third-order valence-electron chi connectivity index (χ3n) is 4.28. The molecule has 15 nitrogen and oxygen atoms in total. The van der Waals surface area contributed by atoms with Crippen LogP contribution in [0.1, 0.15) is 0 Å². The number of hydrogen-bond donors (Lipinski definition) is 8. The minimum atomic E-state index is -5.27. The molecule has 2 fully saturated rings. The topological polar surface area (TPSA) is 229 Å². The average molecular weight is 433 g/mol. The summed E-state index contributed by atoms with van der Waals surface area (Å²) in [5, 5.41) is 26.4. The predicted molar refractivity (Wildman–Crippen MR) is 86.6 cm³/mol. The summed E-state index contributed by atoms with van der Waals surface area (Å²) >= 11 is 0. The lowest BCUT2D eigenvalue weighted by molar-refractivity contribution is -0.0861. The molecule has 0 radical (unpaired) electrons. The van der Waals surface area contributed by atoms with Crippen LogP contribution in [0.5, 0.6) is 0 Å². The number of aliphatic imine (C=N–C) groups is 1. The lowest BCUT2D eigenvalue weighted by Crippen LogP contribution is -2.67. The monoisotopic (exact) mass is 433 g/mol. The number of phosphoric acid groups is 2. The Labute approximate surface area is 153 Å². The number of ether oxygens (including phenoxy) is 1. The number of phosphoric ester groups is 1. The molecular weight excluding hydrogens is 412 g/mol. The van der Waals surface area contributed by atoms with Gasteiger partial charge in [0.25, 0.3) is 0 Å². The van der Waals surface area contributed by atoms with Crippen LogP contribution < -0.4 is 16.4 Å². The highest BCUT2D eigenvalue weighted by atomic mass is 31.3. The van der Waals surface area contributed by atoms with E-state index in [0.717, 1.165) is 0 Å². The van der Waals surface area contributed by atoms with E-state index in [4.69, 9.17) is 20.3 Å². The molecule has 0 aromatic carbocycles. The molecule has 8 unspecified atom stereocenters. The van der Waals surface area contributed by atoms with Gasteiger partial charge in [-0.15, -0.1) is 0 Å². The van der Waals surface area contributed by atoms with Gasteiger partial charge in [0.2, 0.25) is 0 Å². The normalized spacial score (nSPS) is 41.6. The molecule has 0 aliphatic carbocycles. The molecule has 9 N–H and O–H groups in total. The fourth-order valence-electron chi connectivity index (χ4n) is 3.06. The summed E-state index contributed by atoms with van der Waals surface area (Å²) in [4.78, 5) is 32.2. The molecular formula is C10H21N5O10P2. The van der Waals surface area contributed by atoms with Crippen molar-refractivity contribution in [1.82, 2.24) is 15.5 Å². The Balaban J connectivity index is 1.62. The van der Waals surface area contributed by atoms with Crippen molar-refractivity contribution in [3.63, 3.8) is 0 Å². The first-order valence-corrected chi connectivity index (χ1v) is 10.8. The molecule has 8 atom stereocenters. The fraction of sp³-hybridized carbons (Fsp3) is 0.900. The first kappa shape index (κ1) is 21.2. The maximum Gasteiger partial charge on any atom is 0.481 e. The van der Waals surface area contributed by atoms with Gasteiger partial charge >= 0.3 is 15.6 Å². The standard InChI is InChI=1S/C10H21N5O10P2/c11-8-5-9(13-2-12-8)15(3-14-5)10-7(17)6(16)4(24-10)1-23-27(21,22)25-26(18,19)20/h3-10,12-13,16-17H,1-2,11H2,(H,21,22)(H2,18,19,20). The third-order valence-corrected chi connectivity index (χ3v) is 6.43. The second kappa shape index (κ2) is 7.72. The molecule has 0 amide bonds. The van der Waals surface area contributed by atoms with Crippen molar-refractivity contribution >= 4 is 22.0 Å². The Morgan fingerprint density at radius 3 is 2.63 bits per heavy atom. The van der Waals surface area contributed by atoms with E-state index in [1.165, 1.54) is 11.2 Å². The van der Waals surface area contributed by atoms with Gasteiger partial charge in [0.15, 0.2) is 6.23 Å². The molecule has 3 aliphatic rings. The predicted octanol–water partition coefficient (Wildman–Crippen LogP) is -3.87. The van der Waals surface area contributed by atoms with E-state index in [9.17, 15) is 24.2 Å². The summed E-state index contributed by atoms with van der Waals surface area (Å²) in [5.41, 5.74) is 5.92. The van der Waals surface area contributed by atoms with E-state index in [1.54, 1.807) is 0 Å². The van der Waals surface area contributed by atoms with Crippen molar-refractivity contribution < 1.29 is 47.6 Å². The second-order valence-electron chi connectivity index (χ2n) is 6.14. The molecule has 3 rings (SSSR count). The molecule has 156 valence electrons. The van der Waals surface area contributed by atoms with Crippen molar-refractivity contribution in [2.45, 2.75) is 42.9 Å². The first-order chi connectivity index (χ1) is 12.5. The number of hydrogen-bond acceptors (Lipinski definition) is 12. The molecule has 0 spiro atoms. The van der Waals surface area contributed by atoms with Crippen LogP contribution in [0.25, 0.3) is 0 Å². The van der Waals surface area contributed by atoms with E-state index in [1.807, 2.05) is 0 Å². The lowest BCUT2D eigenvalue weighted by atomic mass is 10.1. The number of aliphatic hydroxyl groups is 2. The highest BCUT2D eigenvalue weighted by Gasteiger charge is 2.51. The largest absolute Gasteiger partial charge is 0.481 e. The lowest BCUT2D eigenvalue weighted by Gasteiger charge is -2.39. The van der Waals surface area contributed by atoms with Crippen molar-refractivity contribution in [3.8, 4) is 0 Å². The molecule has 27 heavy (non-hydrogen) atoms. The fourth-order valence-corrected chi connectivity index (χ4v) is 4.66. The van der Waals surface area contributed by atoms with E-state index < -0.39 is 59.1 Å². The quantitative estimate of drug-likeness (QED) is 0.188. The van der Waals surface area contributed by atoms with E-state index in [0.29, 0.717) is 6.67 Å². The van der Waals surface area contributed by atoms with Gasteiger partial charge in [-0.3, -0.25) is 20.1 Å². The van der Waals surface area contributed by atoms with Crippen LogP contribution >= 0.6 is 15.6 Å². The van der Waals surface area contributed by atoms with Crippen molar-refractivity contribution in [2.75, 3.05) is 13.3 Å². The molecule has 3 heterocycles. The Morgan fingerprint density at radius 1 is 1.26 bits per heavy atom. The number of rotatable bonds is 6. The zero-order valence-electron chi connectivity index (χ0n) is 13.7. The van der Waals surface area contributed by atoms with Gasteiger partial charge in [-0.2, -0.15) is 4.31 Å². The SMILES string of the molecule is NC1NCNC2C1N=CN2C1OC(COP(=O)(O)OP(=O)(O)O)C(O)C1O. The molecule has 17 heteroatoms. The number of aliphatic hydroxyl groups excluding tert-OH is 2. The molecule has 3 aliphatic heterocycles. The highest BCUT2D eigenvalue weighted by molar-refractivity contribution is 7.60. The number of nitrogens with two attached hydrogens (primary N) is 1. The molecule has 0 bridgehead atoms. The molecule has 0 aromatic rings. The summed E-state index contributed by atoms with van der Waals surface area (Å²) in [7, 11) is -10.4. The maximum atomic E-state index is 11.5. The zero-order valence-corrected chi connectivity index (χ0v) is 15.5. The van der Waals surface area contributed by atoms with E-state index >= 15 is 0 Å². The van der Waals surface area contributed by atoms with Crippen LogP contribution in [-0.2, 0) is 22.7 Å². The van der Waals surface area contributed by atoms with Gasteiger partial charge in [0.05, 0.1) is 19.1 Å². The molecule has 0 saturated carbocycles. The molecule has 2 saturated heterocycles. The van der Waals surface area contributed by atoms with Crippen molar-refractivity contribution in [1.29, 1.82) is 0 Å². The Kier molecular flexibility index (Phi) is 6.07. The summed E-state index contributed by atoms with van der Waals surface area (Å²) in [6, 6.07) is -0.365. The Bertz CT molecular complexity index is 677. The minimum absolute atomic E-state index is 0.365. The average Bonchev–Trinajstić information content (AvgIpc) is 3.07. The van der Waals surface area contributed by atoms with E-state index in [2.05, 4.69) is 24.5 Å². The van der Waals surface area contributed by atoms with Gasteiger partial charge in [0.1, 0.15) is 30.5 Å². The summed E-state index contributed by atoms with van der Waals surface area (Å²) in [6.07, 6.45) is -4.68. The summed E-state index contributed by atoms with van der Waals surface area (Å²) < 4.78 is 35.7. The Morgan fingerprint density at radius 2 is 1.96 bits per heavy atom. The zero-order chi connectivity index (χ0) is 20.0. The van der Waals surface area contributed by atoms with Gasteiger partial charge in [-0.05, 0) is 0 Å². The number of nitrogens with one attached hydrogen (secondary N) is 2. The smallest absolute Gasteiger partial charge is 0.387 e. The highest BCUT2D eigenvalue weighted by Crippen LogP contribution is 2.57. The van der Waals surface area contributed by atoms with Crippen LogP contribution in [-0.4, -0.2) is 92.3 Å². The van der Waals surface area contributed by atoms with Crippen LogP contribution in [0.3, 0.4) is 0 Å². The third kappa shape index (κ3) is 4.74. The van der Waals surface area contributed by atoms with Crippen LogP contribution in [0.2, 0.25) is 0 Å². The van der Waals surface area contributed by atoms with Crippen LogP contribution in [0.15, 0.2) is 4.99 Å². The van der Waals surface area contributed by atoms with Gasteiger partial charge in [-0.25, -0.2) is 9.13 Å². The summed E-state index contributed by atoms with van der Waals surface area (Å²) in [6.45, 7) is -0.385. The number of nitrogens with zero attached hydrogens (tertiary/aromatic N) is 2. The van der Waals surface area contributed by atoms with Crippen molar-refractivity contribution in [3.05, 3.63) is 0 Å². The van der Waals surface area contributed by atoms with Gasteiger partial charge in [-0.1, -0.05) is 0 Å². The maximum absolute atomic E-state index is 11.5. The van der Waals surface area contributed by atoms with Gasteiger partial charge in [0, 0.05) is 6.67 Å². The number of fused-ring (bicyclic) bond motifs is 1.